The molecule has 0 spiro atoms. The monoisotopic (exact) mass is 526 g/mol. The highest BCUT2D eigenvalue weighted by molar-refractivity contribution is 7.15. The molecule has 0 unspecified atom stereocenters. The molecular weight excluding hydrogens is 500 g/mol. The van der Waals surface area contributed by atoms with Crippen LogP contribution in [0.4, 0.5) is 0 Å². The number of pyridine rings is 2. The highest BCUT2D eigenvalue weighted by Crippen LogP contribution is 2.37. The van der Waals surface area contributed by atoms with Crippen LogP contribution in [0.5, 0.6) is 0 Å². The number of benzene rings is 2. The summed E-state index contributed by atoms with van der Waals surface area (Å²) in [6.07, 6.45) is 5.62. The number of aromatic amines is 2. The molecule has 2 aromatic carbocycles. The number of fused-ring (bicyclic) bond motifs is 2. The second kappa shape index (κ2) is 9.94. The van der Waals surface area contributed by atoms with Gasteiger partial charge in [-0.2, -0.15) is 5.10 Å². The number of nitrogens with zero attached hydrogens (tertiary/aromatic N) is 3. The molecule has 39 heavy (non-hydrogen) atoms. The van der Waals surface area contributed by atoms with Gasteiger partial charge < -0.3 is 10.3 Å². The Morgan fingerprint density at radius 1 is 0.795 bits per heavy atom. The van der Waals surface area contributed by atoms with E-state index < -0.39 is 0 Å². The molecule has 0 aliphatic rings. The van der Waals surface area contributed by atoms with Gasteiger partial charge in [-0.1, -0.05) is 42.5 Å². The van der Waals surface area contributed by atoms with Gasteiger partial charge in [0.05, 0.1) is 23.1 Å². The van der Waals surface area contributed by atoms with Gasteiger partial charge in [0.1, 0.15) is 5.69 Å². The second-order valence-corrected chi connectivity index (χ2v) is 11.0. The predicted molar refractivity (Wildman–Crippen MR) is 159 cm³/mol. The van der Waals surface area contributed by atoms with Gasteiger partial charge in [0.2, 0.25) is 0 Å². The minimum absolute atomic E-state index is 0.732. The Morgan fingerprint density at radius 3 is 2.56 bits per heavy atom. The number of aromatic nitrogens is 5. The van der Waals surface area contributed by atoms with E-state index in [1.807, 2.05) is 36.0 Å². The van der Waals surface area contributed by atoms with E-state index in [0.29, 0.717) is 0 Å². The molecule has 0 fully saturated rings. The van der Waals surface area contributed by atoms with Crippen LogP contribution in [0.2, 0.25) is 0 Å². The lowest BCUT2D eigenvalue weighted by molar-refractivity contribution is 0.691. The summed E-state index contributed by atoms with van der Waals surface area (Å²) in [4.78, 5) is 15.4. The van der Waals surface area contributed by atoms with E-state index in [-0.39, 0.29) is 0 Å². The lowest BCUT2D eigenvalue weighted by atomic mass is 10.1. The number of hydrogen-bond acceptors (Lipinski definition) is 5. The van der Waals surface area contributed by atoms with Crippen LogP contribution in [0.1, 0.15) is 16.0 Å². The largest absolute Gasteiger partial charge is 0.353 e. The van der Waals surface area contributed by atoms with Crippen molar-refractivity contribution in [2.45, 2.75) is 20.0 Å². The van der Waals surface area contributed by atoms with Crippen LogP contribution in [0.15, 0.2) is 97.5 Å². The molecule has 5 aromatic heterocycles. The van der Waals surface area contributed by atoms with Crippen molar-refractivity contribution in [2.75, 3.05) is 0 Å². The van der Waals surface area contributed by atoms with E-state index >= 15 is 0 Å². The zero-order valence-electron chi connectivity index (χ0n) is 21.4. The van der Waals surface area contributed by atoms with E-state index in [2.05, 4.69) is 105 Å². The molecule has 5 heterocycles. The van der Waals surface area contributed by atoms with Gasteiger partial charge in [-0.25, -0.2) is 0 Å². The van der Waals surface area contributed by atoms with Crippen LogP contribution in [0.3, 0.4) is 0 Å². The number of aryl methyl sites for hydroxylation is 1. The summed E-state index contributed by atoms with van der Waals surface area (Å²) >= 11 is 1.81. The fraction of sp³-hybridized carbons (Fsp3) is 0.0938. The standard InChI is InChI=1S/C32H26N6S/c1-20-10-11-31(39-20)24-8-5-9-27-25(24)13-29(36-27)32-26-14-28(35-19-30(26)37-38-32)23-12-22(17-34-18-23)16-33-15-21-6-3-2-4-7-21/h2-14,17-19,33,36H,15-16H2,1H3,(H,37,38). The van der Waals surface area contributed by atoms with Crippen LogP contribution in [0.25, 0.3) is 54.9 Å². The Labute approximate surface area is 229 Å². The first-order chi connectivity index (χ1) is 19.2. The molecule has 6 nitrogen and oxygen atoms in total. The van der Waals surface area contributed by atoms with E-state index in [4.69, 9.17) is 4.98 Å². The Morgan fingerprint density at radius 2 is 1.69 bits per heavy atom. The summed E-state index contributed by atoms with van der Waals surface area (Å²) in [7, 11) is 0. The van der Waals surface area contributed by atoms with Crippen molar-refractivity contribution in [1.82, 2.24) is 30.5 Å². The van der Waals surface area contributed by atoms with Crippen LogP contribution in [-0.2, 0) is 13.1 Å². The third-order valence-corrected chi connectivity index (χ3v) is 8.00. The first-order valence-corrected chi connectivity index (χ1v) is 13.7. The van der Waals surface area contributed by atoms with E-state index in [0.717, 1.165) is 57.7 Å². The maximum atomic E-state index is 4.71. The Hall–Kier alpha value is -4.59. The zero-order valence-corrected chi connectivity index (χ0v) is 22.2. The van der Waals surface area contributed by atoms with Gasteiger partial charge in [0, 0.05) is 62.7 Å². The van der Waals surface area contributed by atoms with Gasteiger partial charge in [0.15, 0.2) is 0 Å². The van der Waals surface area contributed by atoms with E-state index in [1.54, 1.807) is 0 Å². The predicted octanol–water partition coefficient (Wildman–Crippen LogP) is 7.49. The molecule has 0 bridgehead atoms. The molecule has 0 aliphatic carbocycles. The van der Waals surface area contributed by atoms with Crippen molar-refractivity contribution >= 4 is 33.1 Å². The van der Waals surface area contributed by atoms with Crippen LogP contribution < -0.4 is 5.32 Å². The summed E-state index contributed by atoms with van der Waals surface area (Å²) in [6.45, 7) is 3.69. The van der Waals surface area contributed by atoms with Crippen molar-refractivity contribution in [3.8, 4) is 33.1 Å². The smallest absolute Gasteiger partial charge is 0.116 e. The molecule has 0 saturated carbocycles. The molecule has 0 amide bonds. The van der Waals surface area contributed by atoms with Gasteiger partial charge >= 0.3 is 0 Å². The molecule has 0 aliphatic heterocycles. The Bertz CT molecular complexity index is 1910. The quantitative estimate of drug-likeness (QED) is 0.201. The lowest BCUT2D eigenvalue weighted by Crippen LogP contribution is -2.12. The summed E-state index contributed by atoms with van der Waals surface area (Å²) in [6, 6.07) is 27.6. The minimum atomic E-state index is 0.732. The Kier molecular flexibility index (Phi) is 6.00. The van der Waals surface area contributed by atoms with Crippen molar-refractivity contribution < 1.29 is 0 Å². The van der Waals surface area contributed by atoms with Crippen LogP contribution in [-0.4, -0.2) is 25.1 Å². The normalized spacial score (nSPS) is 11.5. The zero-order chi connectivity index (χ0) is 26.2. The van der Waals surface area contributed by atoms with Crippen molar-refractivity contribution in [1.29, 1.82) is 0 Å². The molecule has 7 heteroatoms. The molecule has 0 atom stereocenters. The summed E-state index contributed by atoms with van der Waals surface area (Å²) in [5.74, 6) is 0. The van der Waals surface area contributed by atoms with Crippen molar-refractivity contribution in [3.63, 3.8) is 0 Å². The molecule has 7 aromatic rings. The van der Waals surface area contributed by atoms with Gasteiger partial charge in [-0.05, 0) is 54.4 Å². The molecular formula is C32H26N6S. The fourth-order valence-corrected chi connectivity index (χ4v) is 5.94. The average Bonchev–Trinajstić information content (AvgIpc) is 3.71. The SMILES string of the molecule is Cc1ccc(-c2cccc3[nH]c(-c4n[nH]c5cnc(-c6cncc(CNCc7ccccc7)c6)cc45)cc23)s1. The van der Waals surface area contributed by atoms with Crippen LogP contribution in [0, 0.1) is 6.92 Å². The highest BCUT2D eigenvalue weighted by atomic mass is 32.1. The third kappa shape index (κ3) is 4.63. The molecule has 0 radical (unpaired) electrons. The second-order valence-electron chi connectivity index (χ2n) is 9.72. The van der Waals surface area contributed by atoms with Gasteiger partial charge in [-0.3, -0.25) is 15.1 Å². The Balaban J connectivity index is 1.20. The minimum Gasteiger partial charge on any atom is -0.353 e. The average molecular weight is 527 g/mol. The molecule has 190 valence electrons. The summed E-state index contributed by atoms with van der Waals surface area (Å²) in [5, 5.41) is 13.5. The third-order valence-electron chi connectivity index (χ3n) is 6.96. The number of H-pyrrole nitrogens is 2. The topological polar surface area (TPSA) is 82.3 Å². The number of thiophene rings is 1. The molecule has 7 rings (SSSR count). The first-order valence-electron chi connectivity index (χ1n) is 12.9. The summed E-state index contributed by atoms with van der Waals surface area (Å²) < 4.78 is 0. The maximum absolute atomic E-state index is 4.71. The lowest BCUT2D eigenvalue weighted by Gasteiger charge is -2.07. The van der Waals surface area contributed by atoms with Gasteiger partial charge in [0.25, 0.3) is 0 Å². The fourth-order valence-electron chi connectivity index (χ4n) is 5.03. The molecule has 0 saturated heterocycles. The number of rotatable bonds is 7. The summed E-state index contributed by atoms with van der Waals surface area (Å²) in [5.41, 5.74) is 9.31. The first kappa shape index (κ1) is 23.5. The highest BCUT2D eigenvalue weighted by Gasteiger charge is 2.15. The van der Waals surface area contributed by atoms with E-state index in [9.17, 15) is 0 Å². The van der Waals surface area contributed by atoms with Gasteiger partial charge in [-0.15, -0.1) is 11.3 Å². The van der Waals surface area contributed by atoms with Crippen molar-refractivity contribution in [3.05, 3.63) is 113 Å². The maximum Gasteiger partial charge on any atom is 0.116 e. The van der Waals surface area contributed by atoms with Crippen LogP contribution >= 0.6 is 11.3 Å². The number of nitrogens with one attached hydrogen (secondary N) is 3. The van der Waals surface area contributed by atoms with Crippen molar-refractivity contribution in [2.24, 2.45) is 0 Å². The number of hydrogen-bond donors (Lipinski definition) is 3. The van der Waals surface area contributed by atoms with E-state index in [1.165, 1.54) is 26.3 Å². The molecule has 3 N–H and O–H groups in total.